The molecule has 1 aliphatic heterocycles. The summed E-state index contributed by atoms with van der Waals surface area (Å²) >= 11 is 0. The van der Waals surface area contributed by atoms with E-state index in [0.29, 0.717) is 0 Å². The molecule has 0 saturated heterocycles. The van der Waals surface area contributed by atoms with Gasteiger partial charge in [-0.15, -0.1) is 0 Å². The maximum Gasteiger partial charge on any atom is 0.0682 e. The summed E-state index contributed by atoms with van der Waals surface area (Å²) in [4.78, 5) is 0. The van der Waals surface area contributed by atoms with Crippen LogP contribution in [0.4, 0.5) is 0 Å². The second kappa shape index (κ2) is 2.21. The van der Waals surface area contributed by atoms with Crippen LogP contribution in [0.3, 0.4) is 0 Å². The van der Waals surface area contributed by atoms with E-state index < -0.39 is 0 Å². The minimum atomic E-state index is 1.07. The van der Waals surface area contributed by atoms with E-state index in [0.717, 1.165) is 12.8 Å². The van der Waals surface area contributed by atoms with Gasteiger partial charge in [-0.2, -0.15) is 5.43 Å². The molecule has 2 nitrogen and oxygen atoms in total. The Hall–Kier alpha value is -1.18. The fraction of sp³-hybridized carbons (Fsp3) is 0.250. The normalized spacial score (nSPS) is 21.6. The summed E-state index contributed by atoms with van der Waals surface area (Å²) in [6, 6.07) is 0. The van der Waals surface area contributed by atoms with Crippen molar-refractivity contribution in [1.29, 1.82) is 0 Å². The zero-order chi connectivity index (χ0) is 6.81. The van der Waals surface area contributed by atoms with Crippen LogP contribution in [0.15, 0.2) is 35.7 Å². The fourth-order valence-electron chi connectivity index (χ4n) is 1.19. The average molecular weight is 133 g/mol. The van der Waals surface area contributed by atoms with Gasteiger partial charge in [0, 0.05) is 6.20 Å². The fourth-order valence-corrected chi connectivity index (χ4v) is 1.19. The van der Waals surface area contributed by atoms with Gasteiger partial charge in [0.15, 0.2) is 0 Å². The third-order valence-electron chi connectivity index (χ3n) is 1.72. The molecule has 51 valence electrons. The van der Waals surface area contributed by atoms with Crippen molar-refractivity contribution in [3.05, 3.63) is 35.7 Å². The molecule has 1 N–H and O–H groups in total. The SMILES string of the molecule is C1=CC2=C(CC1)[N]NC=C2. The van der Waals surface area contributed by atoms with Crippen LogP contribution in [0.5, 0.6) is 0 Å². The van der Waals surface area contributed by atoms with Gasteiger partial charge in [0.05, 0.1) is 5.70 Å². The molecule has 1 radical (unpaired) electrons. The largest absolute Gasteiger partial charge is 0.286 e. The summed E-state index contributed by atoms with van der Waals surface area (Å²) in [5.74, 6) is 0. The molecule has 0 unspecified atom stereocenters. The molecule has 2 aliphatic rings. The summed E-state index contributed by atoms with van der Waals surface area (Å²) in [5, 5.41) is 0. The second-order valence-electron chi connectivity index (χ2n) is 2.42. The molecule has 0 fully saturated rings. The van der Waals surface area contributed by atoms with Crippen molar-refractivity contribution in [2.24, 2.45) is 0 Å². The van der Waals surface area contributed by atoms with Crippen LogP contribution < -0.4 is 10.9 Å². The summed E-state index contributed by atoms with van der Waals surface area (Å²) in [7, 11) is 0. The molecule has 2 rings (SSSR count). The zero-order valence-corrected chi connectivity index (χ0v) is 5.67. The highest BCUT2D eigenvalue weighted by Gasteiger charge is 2.08. The molecule has 1 heterocycles. The van der Waals surface area contributed by atoms with E-state index in [1.54, 1.807) is 0 Å². The standard InChI is InChI=1S/C8H9N2/c1-2-4-8-7(3-1)5-6-9-10-8/h1,3,5-6,9H,2,4H2. The van der Waals surface area contributed by atoms with Crippen molar-refractivity contribution < 1.29 is 0 Å². The molecule has 0 aromatic heterocycles. The van der Waals surface area contributed by atoms with Gasteiger partial charge in [0.2, 0.25) is 0 Å². The number of nitrogens with one attached hydrogen (secondary N) is 1. The van der Waals surface area contributed by atoms with Gasteiger partial charge in [0.25, 0.3) is 0 Å². The van der Waals surface area contributed by atoms with Crippen LogP contribution >= 0.6 is 0 Å². The van der Waals surface area contributed by atoms with Gasteiger partial charge in [-0.1, -0.05) is 12.2 Å². The van der Waals surface area contributed by atoms with Crippen molar-refractivity contribution >= 4 is 0 Å². The molecular formula is C8H9N2. The molecule has 0 aromatic rings. The Morgan fingerprint density at radius 2 is 2.40 bits per heavy atom. The van der Waals surface area contributed by atoms with Crippen LogP contribution in [0.1, 0.15) is 12.8 Å². The summed E-state index contributed by atoms with van der Waals surface area (Å²) < 4.78 is 0. The highest BCUT2D eigenvalue weighted by atomic mass is 15.4. The number of nitrogens with zero attached hydrogens (tertiary/aromatic N) is 1. The molecular weight excluding hydrogens is 124 g/mol. The van der Waals surface area contributed by atoms with Crippen LogP contribution in [0.2, 0.25) is 0 Å². The lowest BCUT2D eigenvalue weighted by Gasteiger charge is -2.16. The predicted octanol–water partition coefficient (Wildman–Crippen LogP) is 1.23. The Bertz CT molecular complexity index is 201. The molecule has 0 saturated carbocycles. The van der Waals surface area contributed by atoms with E-state index in [1.807, 2.05) is 6.20 Å². The van der Waals surface area contributed by atoms with Crippen molar-refractivity contribution in [1.82, 2.24) is 10.9 Å². The first-order valence-corrected chi connectivity index (χ1v) is 3.49. The highest BCUT2D eigenvalue weighted by Crippen LogP contribution is 2.19. The van der Waals surface area contributed by atoms with Crippen LogP contribution in [-0.4, -0.2) is 0 Å². The monoisotopic (exact) mass is 133 g/mol. The van der Waals surface area contributed by atoms with Gasteiger partial charge in [-0.3, -0.25) is 5.43 Å². The Kier molecular flexibility index (Phi) is 1.24. The molecule has 2 heteroatoms. The number of allylic oxidation sites excluding steroid dienone is 5. The van der Waals surface area contributed by atoms with Crippen LogP contribution in [-0.2, 0) is 0 Å². The van der Waals surface area contributed by atoms with Crippen molar-refractivity contribution in [3.63, 3.8) is 0 Å². The van der Waals surface area contributed by atoms with Crippen molar-refractivity contribution in [2.45, 2.75) is 12.8 Å². The van der Waals surface area contributed by atoms with Gasteiger partial charge >= 0.3 is 0 Å². The third kappa shape index (κ3) is 0.817. The lowest BCUT2D eigenvalue weighted by atomic mass is 10.0. The minimum absolute atomic E-state index is 1.07. The van der Waals surface area contributed by atoms with E-state index >= 15 is 0 Å². The highest BCUT2D eigenvalue weighted by molar-refractivity contribution is 5.38. The Balaban J connectivity index is 2.32. The molecule has 0 aromatic carbocycles. The van der Waals surface area contributed by atoms with E-state index in [2.05, 4.69) is 29.1 Å². The molecule has 0 atom stereocenters. The van der Waals surface area contributed by atoms with Crippen molar-refractivity contribution in [2.75, 3.05) is 0 Å². The van der Waals surface area contributed by atoms with E-state index in [-0.39, 0.29) is 0 Å². The molecule has 0 amide bonds. The van der Waals surface area contributed by atoms with Gasteiger partial charge < -0.3 is 0 Å². The maximum atomic E-state index is 4.14. The summed E-state index contributed by atoms with van der Waals surface area (Å²) in [6.07, 6.45) is 10.4. The van der Waals surface area contributed by atoms with Gasteiger partial charge in [0.1, 0.15) is 0 Å². The Morgan fingerprint density at radius 3 is 3.30 bits per heavy atom. The molecule has 0 bridgehead atoms. The van der Waals surface area contributed by atoms with Gasteiger partial charge in [-0.25, -0.2) is 0 Å². The van der Waals surface area contributed by atoms with Crippen molar-refractivity contribution in [3.8, 4) is 0 Å². The second-order valence-corrected chi connectivity index (χ2v) is 2.42. The lowest BCUT2D eigenvalue weighted by molar-refractivity contribution is 0.652. The molecule has 0 spiro atoms. The van der Waals surface area contributed by atoms with Gasteiger partial charge in [-0.05, 0) is 24.5 Å². The van der Waals surface area contributed by atoms with Crippen LogP contribution in [0.25, 0.3) is 0 Å². The van der Waals surface area contributed by atoms with Crippen LogP contribution in [0, 0.1) is 0 Å². The summed E-state index contributed by atoms with van der Waals surface area (Å²) in [5.41, 5.74) is 9.42. The molecule has 1 aliphatic carbocycles. The topological polar surface area (TPSA) is 26.1 Å². The predicted molar refractivity (Wildman–Crippen MR) is 39.8 cm³/mol. The first-order valence-electron chi connectivity index (χ1n) is 3.49. The first kappa shape index (κ1) is 5.59. The number of hydrogen-bond donors (Lipinski definition) is 1. The average Bonchev–Trinajstić information content (AvgIpc) is 2.05. The Labute approximate surface area is 60.3 Å². The first-order chi connectivity index (χ1) is 4.97. The number of hydrogen-bond acceptors (Lipinski definition) is 1. The van der Waals surface area contributed by atoms with E-state index in [9.17, 15) is 0 Å². The maximum absolute atomic E-state index is 4.14. The number of rotatable bonds is 0. The quantitative estimate of drug-likeness (QED) is 0.528. The molecule has 10 heavy (non-hydrogen) atoms. The van der Waals surface area contributed by atoms with E-state index in [4.69, 9.17) is 0 Å². The Morgan fingerprint density at radius 1 is 1.40 bits per heavy atom. The van der Waals surface area contributed by atoms with E-state index in [1.165, 1.54) is 11.3 Å². The minimum Gasteiger partial charge on any atom is -0.286 e. The smallest absolute Gasteiger partial charge is 0.0682 e. The summed E-state index contributed by atoms with van der Waals surface area (Å²) in [6.45, 7) is 0. The third-order valence-corrected chi connectivity index (χ3v) is 1.72. The zero-order valence-electron chi connectivity index (χ0n) is 5.67. The lowest BCUT2D eigenvalue weighted by Crippen LogP contribution is -2.22.